The average Bonchev–Trinajstić information content (AvgIpc) is 2.80. The Hall–Kier alpha value is -3.52. The molecule has 0 bridgehead atoms. The number of anilines is 1. The van der Waals surface area contributed by atoms with Gasteiger partial charge in [0.15, 0.2) is 0 Å². The second-order valence-electron chi connectivity index (χ2n) is 7.50. The summed E-state index contributed by atoms with van der Waals surface area (Å²) in [6.45, 7) is 2.56. The van der Waals surface area contributed by atoms with Crippen molar-refractivity contribution in [1.82, 2.24) is 5.32 Å². The fourth-order valence-corrected chi connectivity index (χ4v) is 3.96. The highest BCUT2D eigenvalue weighted by molar-refractivity contribution is 7.92. The number of sulfonamides is 1. The molecule has 3 aromatic carbocycles. The molecule has 0 atom stereocenters. The molecule has 0 fully saturated rings. The first-order valence-electron chi connectivity index (χ1n) is 10.5. The van der Waals surface area contributed by atoms with Crippen LogP contribution in [0.3, 0.4) is 0 Å². The van der Waals surface area contributed by atoms with Crippen LogP contribution in [0, 0.1) is 6.92 Å². The topological polar surface area (TPSA) is 84.9 Å². The number of nitrogens with one attached hydrogen (secondary N) is 1. The summed E-state index contributed by atoms with van der Waals surface area (Å²) in [5.74, 6) is 0.936. The van der Waals surface area contributed by atoms with Gasteiger partial charge in [0.25, 0.3) is 0 Å². The maximum atomic E-state index is 12.4. The van der Waals surface area contributed by atoms with Gasteiger partial charge in [-0.1, -0.05) is 48.5 Å². The largest absolute Gasteiger partial charge is 0.491 e. The van der Waals surface area contributed by atoms with E-state index in [-0.39, 0.29) is 19.7 Å². The molecule has 0 aliphatic rings. The molecular weight excluding hydrogens is 440 g/mol. The molecule has 0 saturated heterocycles. The van der Waals surface area contributed by atoms with Crippen LogP contribution in [0.5, 0.6) is 11.5 Å². The predicted molar refractivity (Wildman–Crippen MR) is 129 cm³/mol. The quantitative estimate of drug-likeness (QED) is 0.435. The van der Waals surface area contributed by atoms with E-state index in [1.165, 1.54) is 0 Å². The van der Waals surface area contributed by atoms with E-state index in [0.717, 1.165) is 27.4 Å². The summed E-state index contributed by atoms with van der Waals surface area (Å²) in [7, 11) is -3.66. The van der Waals surface area contributed by atoms with Crippen LogP contribution in [-0.4, -0.2) is 40.3 Å². The lowest BCUT2D eigenvalue weighted by atomic mass is 10.2. The monoisotopic (exact) mass is 468 g/mol. The van der Waals surface area contributed by atoms with Crippen LogP contribution >= 0.6 is 0 Å². The molecule has 0 radical (unpaired) electrons. The second-order valence-corrected chi connectivity index (χ2v) is 9.41. The van der Waals surface area contributed by atoms with Crippen LogP contribution in [0.15, 0.2) is 78.9 Å². The molecule has 3 aromatic rings. The van der Waals surface area contributed by atoms with Gasteiger partial charge in [-0.2, -0.15) is 0 Å². The van der Waals surface area contributed by atoms with Crippen LogP contribution < -0.4 is 19.1 Å². The Labute approximate surface area is 195 Å². The van der Waals surface area contributed by atoms with Crippen molar-refractivity contribution in [3.05, 3.63) is 90.0 Å². The number of para-hydroxylation sites is 1. The summed E-state index contributed by atoms with van der Waals surface area (Å²) in [6.07, 6.45) is 1.07. The number of amides is 1. The number of rotatable bonds is 11. The maximum Gasteiger partial charge on any atom is 0.240 e. The standard InChI is InChI=1S/C25H28N2O5S/c1-20-8-6-7-11-24(20)31-17-16-26-25(28)18-27(33(2,29)30)22-12-14-23(15-13-22)32-19-21-9-4-3-5-10-21/h3-15H,16-19H2,1-2H3,(H,26,28). The van der Waals surface area contributed by atoms with E-state index in [2.05, 4.69) is 5.32 Å². The van der Waals surface area contributed by atoms with E-state index in [1.807, 2.05) is 61.5 Å². The third-order valence-corrected chi connectivity index (χ3v) is 5.98. The number of ether oxygens (including phenoxy) is 2. The number of carbonyl (C=O) groups is 1. The number of benzene rings is 3. The fourth-order valence-electron chi connectivity index (χ4n) is 3.11. The maximum absolute atomic E-state index is 12.4. The van der Waals surface area contributed by atoms with Gasteiger partial charge in [0.2, 0.25) is 15.9 Å². The van der Waals surface area contributed by atoms with E-state index < -0.39 is 15.9 Å². The Morgan fingerprint density at radius 2 is 1.58 bits per heavy atom. The third kappa shape index (κ3) is 7.54. The van der Waals surface area contributed by atoms with Crippen molar-refractivity contribution in [3.63, 3.8) is 0 Å². The summed E-state index contributed by atoms with van der Waals surface area (Å²) in [5.41, 5.74) is 2.42. The van der Waals surface area contributed by atoms with Crippen molar-refractivity contribution in [1.29, 1.82) is 0 Å². The van der Waals surface area contributed by atoms with Crippen molar-refractivity contribution in [2.45, 2.75) is 13.5 Å². The summed E-state index contributed by atoms with van der Waals surface area (Å²) < 4.78 is 37.1. The van der Waals surface area contributed by atoms with Crippen molar-refractivity contribution >= 4 is 21.6 Å². The summed E-state index contributed by atoms with van der Waals surface area (Å²) in [5, 5.41) is 2.70. The first kappa shape index (κ1) is 24.1. The minimum atomic E-state index is -3.66. The van der Waals surface area contributed by atoms with Gasteiger partial charge in [-0.25, -0.2) is 8.42 Å². The van der Waals surface area contributed by atoms with Gasteiger partial charge >= 0.3 is 0 Å². The Balaban J connectivity index is 1.53. The molecule has 1 amide bonds. The van der Waals surface area contributed by atoms with E-state index >= 15 is 0 Å². The van der Waals surface area contributed by atoms with Crippen molar-refractivity contribution in [3.8, 4) is 11.5 Å². The fraction of sp³-hybridized carbons (Fsp3) is 0.240. The van der Waals surface area contributed by atoms with Gasteiger partial charge in [-0.15, -0.1) is 0 Å². The zero-order valence-corrected chi connectivity index (χ0v) is 19.5. The van der Waals surface area contributed by atoms with E-state index in [1.54, 1.807) is 24.3 Å². The molecule has 1 N–H and O–H groups in total. The highest BCUT2D eigenvalue weighted by Gasteiger charge is 2.20. The highest BCUT2D eigenvalue weighted by atomic mass is 32.2. The third-order valence-electron chi connectivity index (χ3n) is 4.84. The van der Waals surface area contributed by atoms with Gasteiger partial charge in [-0.05, 0) is 48.4 Å². The molecule has 174 valence electrons. The Morgan fingerprint density at radius 1 is 0.909 bits per heavy atom. The second kappa shape index (κ2) is 11.4. The van der Waals surface area contributed by atoms with Crippen LogP contribution in [0.4, 0.5) is 5.69 Å². The first-order valence-corrected chi connectivity index (χ1v) is 12.4. The smallest absolute Gasteiger partial charge is 0.240 e. The van der Waals surface area contributed by atoms with Crippen LogP contribution in [0.25, 0.3) is 0 Å². The zero-order valence-electron chi connectivity index (χ0n) is 18.7. The predicted octanol–water partition coefficient (Wildman–Crippen LogP) is 3.54. The molecule has 3 rings (SSSR count). The van der Waals surface area contributed by atoms with Crippen molar-refractivity contribution in [2.24, 2.45) is 0 Å². The summed E-state index contributed by atoms with van der Waals surface area (Å²) in [6, 6.07) is 23.9. The van der Waals surface area contributed by atoms with Gasteiger partial charge in [0, 0.05) is 0 Å². The molecule has 0 aliphatic heterocycles. The molecule has 7 nitrogen and oxygen atoms in total. The van der Waals surface area contributed by atoms with E-state index in [9.17, 15) is 13.2 Å². The van der Waals surface area contributed by atoms with Gasteiger partial charge in [-0.3, -0.25) is 9.10 Å². The van der Waals surface area contributed by atoms with Crippen LogP contribution in [0.2, 0.25) is 0 Å². The SMILES string of the molecule is Cc1ccccc1OCCNC(=O)CN(c1ccc(OCc2ccccc2)cc1)S(C)(=O)=O. The lowest BCUT2D eigenvalue weighted by Crippen LogP contribution is -2.41. The molecule has 33 heavy (non-hydrogen) atoms. The lowest BCUT2D eigenvalue weighted by Gasteiger charge is -2.22. The van der Waals surface area contributed by atoms with E-state index in [0.29, 0.717) is 18.0 Å². The number of carbonyl (C=O) groups excluding carboxylic acids is 1. The Bertz CT molecular complexity index is 1150. The molecule has 0 aliphatic carbocycles. The number of nitrogens with zero attached hydrogens (tertiary/aromatic N) is 1. The number of aryl methyl sites for hydroxylation is 1. The van der Waals surface area contributed by atoms with Gasteiger partial charge in [0.1, 0.15) is 31.3 Å². The average molecular weight is 469 g/mol. The Morgan fingerprint density at radius 3 is 2.24 bits per heavy atom. The molecule has 0 saturated carbocycles. The van der Waals surface area contributed by atoms with E-state index in [4.69, 9.17) is 9.47 Å². The zero-order chi connectivity index (χ0) is 23.7. The minimum Gasteiger partial charge on any atom is -0.491 e. The Kier molecular flexibility index (Phi) is 8.32. The van der Waals surface area contributed by atoms with Crippen LogP contribution in [0.1, 0.15) is 11.1 Å². The molecular formula is C25H28N2O5S. The van der Waals surface area contributed by atoms with Gasteiger partial charge < -0.3 is 14.8 Å². The lowest BCUT2D eigenvalue weighted by molar-refractivity contribution is -0.119. The van der Waals surface area contributed by atoms with Gasteiger partial charge in [0.05, 0.1) is 18.5 Å². The van der Waals surface area contributed by atoms with Crippen molar-refractivity contribution in [2.75, 3.05) is 30.3 Å². The summed E-state index contributed by atoms with van der Waals surface area (Å²) >= 11 is 0. The minimum absolute atomic E-state index is 0.261. The highest BCUT2D eigenvalue weighted by Crippen LogP contribution is 2.22. The molecule has 0 aromatic heterocycles. The molecule has 0 heterocycles. The normalized spacial score (nSPS) is 11.0. The van der Waals surface area contributed by atoms with Crippen molar-refractivity contribution < 1.29 is 22.7 Å². The molecule has 8 heteroatoms. The summed E-state index contributed by atoms with van der Waals surface area (Å²) in [4.78, 5) is 12.4. The molecule has 0 spiro atoms. The van der Waals surface area contributed by atoms with Crippen LogP contribution in [-0.2, 0) is 21.4 Å². The molecule has 0 unspecified atom stereocenters. The first-order chi connectivity index (χ1) is 15.8. The number of hydrogen-bond acceptors (Lipinski definition) is 5. The number of hydrogen-bond donors (Lipinski definition) is 1.